The van der Waals surface area contributed by atoms with Gasteiger partial charge in [-0.05, 0) is 54.1 Å². The van der Waals surface area contributed by atoms with Crippen LogP contribution in [0.15, 0.2) is 115 Å². The largest absolute Gasteiger partial charge is 0.356 e. The number of aromatic nitrogens is 2. The molecule has 2 aromatic carbocycles. The summed E-state index contributed by atoms with van der Waals surface area (Å²) in [5.41, 5.74) is 2.25. The number of nitriles is 1. The highest BCUT2D eigenvalue weighted by Gasteiger charge is 2.49. The van der Waals surface area contributed by atoms with Gasteiger partial charge in [0.05, 0.1) is 18.2 Å². The van der Waals surface area contributed by atoms with Gasteiger partial charge in [0.15, 0.2) is 5.78 Å². The van der Waals surface area contributed by atoms with Crippen LogP contribution in [0.5, 0.6) is 0 Å². The van der Waals surface area contributed by atoms with Crippen molar-refractivity contribution in [1.82, 2.24) is 20.2 Å². The SMILES string of the molecule is N#Cc1ccc(C(=O)/C=C2\NC(Cc3ccccn3)(Cc3ccccn3)C(=O)N2Cc2ccccc2)cc1. The molecule has 0 radical (unpaired) electrons. The summed E-state index contributed by atoms with van der Waals surface area (Å²) >= 11 is 0. The van der Waals surface area contributed by atoms with Crippen LogP contribution in [-0.4, -0.2) is 32.1 Å². The highest BCUT2D eigenvalue weighted by atomic mass is 16.2. The highest BCUT2D eigenvalue weighted by molar-refractivity contribution is 6.06. The molecule has 0 aliphatic carbocycles. The lowest BCUT2D eigenvalue weighted by Crippen LogP contribution is -2.51. The van der Waals surface area contributed by atoms with Gasteiger partial charge >= 0.3 is 0 Å². The fourth-order valence-corrected chi connectivity index (χ4v) is 4.61. The van der Waals surface area contributed by atoms with Crippen LogP contribution < -0.4 is 5.32 Å². The first kappa shape index (κ1) is 24.6. The van der Waals surface area contributed by atoms with E-state index < -0.39 is 5.54 Å². The molecule has 1 amide bonds. The second kappa shape index (κ2) is 10.9. The number of rotatable bonds is 8. The first-order valence-corrected chi connectivity index (χ1v) is 12.3. The van der Waals surface area contributed by atoms with Crippen LogP contribution in [0.1, 0.15) is 32.9 Å². The van der Waals surface area contributed by atoms with Gasteiger partial charge in [-0.3, -0.25) is 24.5 Å². The Kier molecular flexibility index (Phi) is 7.05. The molecule has 0 bridgehead atoms. The average molecular weight is 500 g/mol. The van der Waals surface area contributed by atoms with Crippen LogP contribution in [0, 0.1) is 11.3 Å². The van der Waals surface area contributed by atoms with Crippen molar-refractivity contribution in [3.8, 4) is 6.07 Å². The minimum absolute atomic E-state index is 0.156. The normalized spacial score (nSPS) is 15.2. The zero-order valence-electron chi connectivity index (χ0n) is 20.6. The van der Waals surface area contributed by atoms with E-state index in [-0.39, 0.29) is 11.7 Å². The second-order valence-electron chi connectivity index (χ2n) is 9.16. The Morgan fingerprint density at radius 3 is 2.03 bits per heavy atom. The summed E-state index contributed by atoms with van der Waals surface area (Å²) in [6.07, 6.45) is 5.50. The van der Waals surface area contributed by atoms with Gasteiger partial charge in [-0.2, -0.15) is 5.26 Å². The molecule has 3 heterocycles. The Balaban J connectivity index is 1.56. The molecule has 7 nitrogen and oxygen atoms in total. The molecule has 0 atom stereocenters. The third-order valence-electron chi connectivity index (χ3n) is 6.48. The molecular formula is C31H25N5O2. The van der Waals surface area contributed by atoms with Crippen LogP contribution in [0.25, 0.3) is 0 Å². The van der Waals surface area contributed by atoms with Gasteiger partial charge in [0.1, 0.15) is 11.4 Å². The first-order chi connectivity index (χ1) is 18.6. The molecule has 1 saturated heterocycles. The fraction of sp³-hybridized carbons (Fsp3) is 0.129. The van der Waals surface area contributed by atoms with Gasteiger partial charge in [-0.1, -0.05) is 42.5 Å². The summed E-state index contributed by atoms with van der Waals surface area (Å²) in [4.78, 5) is 38.1. The molecule has 0 spiro atoms. The number of hydrogen-bond acceptors (Lipinski definition) is 6. The van der Waals surface area contributed by atoms with Crippen LogP contribution in [0.3, 0.4) is 0 Å². The Morgan fingerprint density at radius 2 is 1.47 bits per heavy atom. The molecule has 1 aliphatic heterocycles. The van der Waals surface area contributed by atoms with Crippen molar-refractivity contribution in [3.05, 3.63) is 143 Å². The number of carbonyl (C=O) groups excluding carboxylic acids is 2. The van der Waals surface area contributed by atoms with Gasteiger partial charge < -0.3 is 5.32 Å². The summed E-state index contributed by atoms with van der Waals surface area (Å²) in [6, 6.07) is 29.4. The lowest BCUT2D eigenvalue weighted by atomic mass is 9.87. The molecule has 186 valence electrons. The Bertz CT molecular complexity index is 1450. The quantitative estimate of drug-likeness (QED) is 0.288. The summed E-state index contributed by atoms with van der Waals surface area (Å²) < 4.78 is 0. The van der Waals surface area contributed by atoms with Crippen molar-refractivity contribution in [3.63, 3.8) is 0 Å². The zero-order chi connectivity index (χ0) is 26.4. The van der Waals surface area contributed by atoms with Crippen molar-refractivity contribution in [2.45, 2.75) is 24.9 Å². The third-order valence-corrected chi connectivity index (χ3v) is 6.48. The zero-order valence-corrected chi connectivity index (χ0v) is 20.6. The number of benzene rings is 2. The van der Waals surface area contributed by atoms with Crippen LogP contribution in [0.2, 0.25) is 0 Å². The molecule has 7 heteroatoms. The number of allylic oxidation sites excluding steroid dienone is 1. The van der Waals surface area contributed by atoms with Gasteiger partial charge in [0.2, 0.25) is 0 Å². The summed E-state index contributed by atoms with van der Waals surface area (Å²) in [6.45, 7) is 0.297. The molecule has 0 saturated carbocycles. The number of ketones is 1. The molecule has 1 aliphatic rings. The monoisotopic (exact) mass is 499 g/mol. The Morgan fingerprint density at radius 1 is 0.868 bits per heavy atom. The van der Waals surface area contributed by atoms with Gasteiger partial charge in [0.25, 0.3) is 5.91 Å². The molecule has 0 unspecified atom stereocenters. The molecular weight excluding hydrogens is 474 g/mol. The van der Waals surface area contributed by atoms with Crippen LogP contribution in [0.4, 0.5) is 0 Å². The van der Waals surface area contributed by atoms with E-state index in [1.807, 2.05) is 66.7 Å². The number of carbonyl (C=O) groups is 2. The number of pyridine rings is 2. The summed E-state index contributed by atoms with van der Waals surface area (Å²) in [5.74, 6) is -0.00839. The minimum atomic E-state index is -1.09. The van der Waals surface area contributed by atoms with Crippen LogP contribution >= 0.6 is 0 Å². The maximum absolute atomic E-state index is 14.3. The van der Waals surface area contributed by atoms with Crippen molar-refractivity contribution < 1.29 is 9.59 Å². The fourth-order valence-electron chi connectivity index (χ4n) is 4.61. The molecule has 5 rings (SSSR count). The van der Waals surface area contributed by atoms with E-state index >= 15 is 0 Å². The minimum Gasteiger partial charge on any atom is -0.356 e. The van der Waals surface area contributed by atoms with E-state index in [1.165, 1.54) is 6.08 Å². The molecule has 1 fully saturated rings. The van der Waals surface area contributed by atoms with E-state index in [1.54, 1.807) is 41.6 Å². The van der Waals surface area contributed by atoms with E-state index in [4.69, 9.17) is 5.26 Å². The maximum atomic E-state index is 14.3. The van der Waals surface area contributed by atoms with Gasteiger partial charge in [-0.15, -0.1) is 0 Å². The first-order valence-electron chi connectivity index (χ1n) is 12.3. The van der Waals surface area contributed by atoms with Gasteiger partial charge in [-0.25, -0.2) is 0 Å². The van der Waals surface area contributed by atoms with Crippen LogP contribution in [-0.2, 0) is 24.2 Å². The topological polar surface area (TPSA) is 99.0 Å². The molecule has 4 aromatic rings. The van der Waals surface area contributed by atoms with Crippen molar-refractivity contribution in [1.29, 1.82) is 5.26 Å². The summed E-state index contributed by atoms with van der Waals surface area (Å²) in [5, 5.41) is 12.5. The summed E-state index contributed by atoms with van der Waals surface area (Å²) in [7, 11) is 0. The molecule has 2 aromatic heterocycles. The molecule has 1 N–H and O–H groups in total. The van der Waals surface area contributed by atoms with E-state index in [0.717, 1.165) is 17.0 Å². The second-order valence-corrected chi connectivity index (χ2v) is 9.16. The lowest BCUT2D eigenvalue weighted by Gasteiger charge is -2.27. The van der Waals surface area contributed by atoms with E-state index in [9.17, 15) is 9.59 Å². The Labute approximate surface area is 221 Å². The maximum Gasteiger partial charge on any atom is 0.254 e. The van der Waals surface area contributed by atoms with Gasteiger partial charge in [0, 0.05) is 48.3 Å². The predicted octanol–water partition coefficient (Wildman–Crippen LogP) is 4.23. The number of hydrogen-bond donors (Lipinski definition) is 1. The standard InChI is InChI=1S/C31H25N5O2/c32-21-23-12-14-25(15-13-23)28(37)18-29-35-31(19-26-10-4-6-16-33-26,20-27-11-5-7-17-34-27)30(38)36(29)22-24-8-2-1-3-9-24/h1-18,35H,19-20,22H2/b29-18+. The number of amides is 1. The molecule has 38 heavy (non-hydrogen) atoms. The third kappa shape index (κ3) is 5.35. The highest BCUT2D eigenvalue weighted by Crippen LogP contribution is 2.31. The number of nitrogens with one attached hydrogen (secondary N) is 1. The van der Waals surface area contributed by atoms with E-state index in [2.05, 4.69) is 21.4 Å². The Hall–Kier alpha value is -5.09. The van der Waals surface area contributed by atoms with Crippen molar-refractivity contribution in [2.75, 3.05) is 0 Å². The van der Waals surface area contributed by atoms with E-state index in [0.29, 0.717) is 36.3 Å². The average Bonchev–Trinajstić information content (AvgIpc) is 3.19. The lowest BCUT2D eigenvalue weighted by molar-refractivity contribution is -0.132. The van der Waals surface area contributed by atoms with Crippen molar-refractivity contribution >= 4 is 11.7 Å². The smallest absolute Gasteiger partial charge is 0.254 e. The van der Waals surface area contributed by atoms with Crippen molar-refractivity contribution in [2.24, 2.45) is 0 Å². The number of nitrogens with zero attached hydrogens (tertiary/aromatic N) is 4. The predicted molar refractivity (Wildman–Crippen MR) is 142 cm³/mol.